The number of hydrogen-bond donors (Lipinski definition) is 0. The van der Waals surface area contributed by atoms with E-state index in [0.29, 0.717) is 45.5 Å². The Hall–Kier alpha value is -3.89. The SMILES string of the molecule is O=C(c1ccco1)N1CCCc2cc(N(S(=O)(=O)Cc3ccccc3)S(=O)(=O)Cc3ccccc3)ccc21. The Labute approximate surface area is 222 Å². The van der Waals surface area contributed by atoms with Crippen molar-refractivity contribution < 1.29 is 26.0 Å². The van der Waals surface area contributed by atoms with Crippen LogP contribution in [0.25, 0.3) is 0 Å². The van der Waals surface area contributed by atoms with Gasteiger partial charge in [0.15, 0.2) is 5.76 Å². The third-order valence-corrected chi connectivity index (χ3v) is 10.4. The summed E-state index contributed by atoms with van der Waals surface area (Å²) in [6.07, 6.45) is 2.63. The number of furan rings is 1. The molecule has 1 aliphatic rings. The van der Waals surface area contributed by atoms with E-state index in [4.69, 9.17) is 4.42 Å². The zero-order valence-corrected chi connectivity index (χ0v) is 22.1. The summed E-state index contributed by atoms with van der Waals surface area (Å²) in [5.41, 5.74) is 2.25. The highest BCUT2D eigenvalue weighted by Crippen LogP contribution is 2.35. The fourth-order valence-corrected chi connectivity index (χ4v) is 8.65. The average Bonchev–Trinajstić information content (AvgIpc) is 3.43. The van der Waals surface area contributed by atoms with Crippen molar-refractivity contribution in [1.82, 2.24) is 0 Å². The number of nitrogens with zero attached hydrogens (tertiary/aromatic N) is 2. The maximum Gasteiger partial charge on any atom is 0.293 e. The van der Waals surface area contributed by atoms with E-state index in [-0.39, 0.29) is 17.4 Å². The molecule has 8 nitrogen and oxygen atoms in total. The predicted molar refractivity (Wildman–Crippen MR) is 146 cm³/mol. The molecule has 0 saturated heterocycles. The van der Waals surface area contributed by atoms with Crippen molar-refractivity contribution in [2.24, 2.45) is 0 Å². The Morgan fingerprint density at radius 3 is 1.95 bits per heavy atom. The van der Waals surface area contributed by atoms with Gasteiger partial charge in [0, 0.05) is 12.2 Å². The van der Waals surface area contributed by atoms with E-state index in [1.165, 1.54) is 12.3 Å². The molecule has 3 aromatic carbocycles. The summed E-state index contributed by atoms with van der Waals surface area (Å²) < 4.78 is 60.6. The molecule has 0 radical (unpaired) electrons. The molecular formula is C28H26N2O6S2. The fourth-order valence-electron chi connectivity index (χ4n) is 4.62. The summed E-state index contributed by atoms with van der Waals surface area (Å²) in [4.78, 5) is 14.6. The fraction of sp³-hybridized carbons (Fsp3) is 0.179. The van der Waals surface area contributed by atoms with Gasteiger partial charge in [0.25, 0.3) is 26.0 Å². The second-order valence-electron chi connectivity index (χ2n) is 9.03. The molecular weight excluding hydrogens is 524 g/mol. The van der Waals surface area contributed by atoms with Crippen LogP contribution in [0.2, 0.25) is 0 Å². The van der Waals surface area contributed by atoms with Crippen LogP contribution in [0.1, 0.15) is 33.7 Å². The van der Waals surface area contributed by atoms with E-state index in [9.17, 15) is 21.6 Å². The van der Waals surface area contributed by atoms with Crippen LogP contribution < -0.4 is 8.61 Å². The Morgan fingerprint density at radius 1 is 0.789 bits per heavy atom. The molecule has 5 rings (SSSR count). The van der Waals surface area contributed by atoms with Gasteiger partial charge in [-0.25, -0.2) is 16.8 Å². The highest BCUT2D eigenvalue weighted by Gasteiger charge is 2.36. The summed E-state index contributed by atoms with van der Waals surface area (Å²) in [5.74, 6) is -1.09. The van der Waals surface area contributed by atoms with Gasteiger partial charge in [-0.2, -0.15) is 3.71 Å². The number of rotatable bonds is 8. The van der Waals surface area contributed by atoms with Gasteiger partial charge in [0.1, 0.15) is 0 Å². The number of carbonyl (C=O) groups is 1. The zero-order chi connectivity index (χ0) is 26.8. The van der Waals surface area contributed by atoms with E-state index in [1.54, 1.807) is 89.8 Å². The normalized spacial score (nSPS) is 13.6. The van der Waals surface area contributed by atoms with Crippen molar-refractivity contribution in [1.29, 1.82) is 0 Å². The standard InChI is InChI=1S/C28H26N2O6S2/c31-28(27-14-8-18-36-27)29-17-7-13-24-19-25(15-16-26(24)29)30(37(32,33)20-22-9-3-1-4-10-22)38(34,35)21-23-11-5-2-6-12-23/h1-6,8-12,14-16,18-19H,7,13,17,20-21H2. The van der Waals surface area contributed by atoms with Gasteiger partial charge in [0.05, 0.1) is 23.5 Å². The number of hydrogen-bond acceptors (Lipinski definition) is 6. The van der Waals surface area contributed by atoms with Crippen molar-refractivity contribution >= 4 is 37.3 Å². The van der Waals surface area contributed by atoms with E-state index < -0.39 is 31.6 Å². The van der Waals surface area contributed by atoms with Crippen LogP contribution in [0.4, 0.5) is 11.4 Å². The Kier molecular flexibility index (Phi) is 7.09. The molecule has 0 N–H and O–H groups in total. The van der Waals surface area contributed by atoms with Crippen LogP contribution in [0, 0.1) is 0 Å². The van der Waals surface area contributed by atoms with Crippen LogP contribution in [0.3, 0.4) is 0 Å². The first-order valence-electron chi connectivity index (χ1n) is 12.1. The van der Waals surface area contributed by atoms with Crippen LogP contribution in [0.5, 0.6) is 0 Å². The molecule has 0 fully saturated rings. The molecule has 0 spiro atoms. The lowest BCUT2D eigenvalue weighted by atomic mass is 10.0. The van der Waals surface area contributed by atoms with Gasteiger partial charge < -0.3 is 9.32 Å². The first-order valence-corrected chi connectivity index (χ1v) is 15.3. The third kappa shape index (κ3) is 5.36. The molecule has 1 amide bonds. The molecule has 0 atom stereocenters. The lowest BCUT2D eigenvalue weighted by molar-refractivity contribution is 0.0958. The lowest BCUT2D eigenvalue weighted by Gasteiger charge is -2.31. The number of aryl methyl sites for hydroxylation is 1. The van der Waals surface area contributed by atoms with Gasteiger partial charge in [0.2, 0.25) is 0 Å². The second-order valence-corrected chi connectivity index (χ2v) is 12.9. The summed E-state index contributed by atoms with van der Waals surface area (Å²) >= 11 is 0. The first-order chi connectivity index (χ1) is 18.2. The maximum atomic E-state index is 13.7. The minimum absolute atomic E-state index is 0.0166. The minimum Gasteiger partial charge on any atom is -0.459 e. The van der Waals surface area contributed by atoms with Crippen LogP contribution in [0.15, 0.2) is 102 Å². The summed E-state index contributed by atoms with van der Waals surface area (Å²) in [5, 5.41) is 0. The largest absolute Gasteiger partial charge is 0.459 e. The predicted octanol–water partition coefficient (Wildman–Crippen LogP) is 4.74. The monoisotopic (exact) mass is 550 g/mol. The summed E-state index contributed by atoms with van der Waals surface area (Å²) in [7, 11) is -8.70. The van der Waals surface area contributed by atoms with E-state index in [2.05, 4.69) is 0 Å². The second kappa shape index (κ2) is 10.5. The van der Waals surface area contributed by atoms with Crippen LogP contribution in [-0.2, 0) is 38.0 Å². The number of carbonyl (C=O) groups excluding carboxylic acids is 1. The maximum absolute atomic E-state index is 13.7. The van der Waals surface area contributed by atoms with Gasteiger partial charge in [-0.1, -0.05) is 60.7 Å². The molecule has 38 heavy (non-hydrogen) atoms. The van der Waals surface area contributed by atoms with Gasteiger partial charge in [-0.3, -0.25) is 4.79 Å². The molecule has 196 valence electrons. The molecule has 4 aromatic rings. The zero-order valence-electron chi connectivity index (χ0n) is 20.4. The van der Waals surface area contributed by atoms with Crippen LogP contribution >= 0.6 is 0 Å². The van der Waals surface area contributed by atoms with Crippen molar-refractivity contribution in [3.63, 3.8) is 0 Å². The van der Waals surface area contributed by atoms with Crippen LogP contribution in [-0.4, -0.2) is 29.3 Å². The van der Waals surface area contributed by atoms with Gasteiger partial charge in [-0.05, 0) is 59.9 Å². The van der Waals surface area contributed by atoms with Gasteiger partial charge >= 0.3 is 0 Å². The van der Waals surface area contributed by atoms with E-state index in [1.807, 2.05) is 0 Å². The molecule has 0 unspecified atom stereocenters. The minimum atomic E-state index is -4.35. The number of anilines is 2. The smallest absolute Gasteiger partial charge is 0.293 e. The van der Waals surface area contributed by atoms with E-state index in [0.717, 1.165) is 0 Å². The van der Waals surface area contributed by atoms with Crippen molar-refractivity contribution in [3.8, 4) is 0 Å². The highest BCUT2D eigenvalue weighted by atomic mass is 32.3. The first kappa shape index (κ1) is 25.7. The third-order valence-electron chi connectivity index (χ3n) is 6.26. The Morgan fingerprint density at radius 2 is 1.39 bits per heavy atom. The molecule has 1 aliphatic heterocycles. The van der Waals surface area contributed by atoms with E-state index >= 15 is 0 Å². The lowest BCUT2D eigenvalue weighted by Crippen LogP contribution is -2.39. The summed E-state index contributed by atoms with van der Waals surface area (Å²) in [6, 6.07) is 24.7. The van der Waals surface area contributed by atoms with Crippen molar-refractivity contribution in [2.45, 2.75) is 24.3 Å². The number of benzene rings is 3. The highest BCUT2D eigenvalue weighted by molar-refractivity contribution is 8.09. The molecule has 0 bridgehead atoms. The quantitative estimate of drug-likeness (QED) is 0.314. The Balaban J connectivity index is 1.56. The summed E-state index contributed by atoms with van der Waals surface area (Å²) in [6.45, 7) is 0.466. The Bertz CT molecular complexity index is 1560. The molecule has 1 aromatic heterocycles. The van der Waals surface area contributed by atoms with Crippen molar-refractivity contribution in [2.75, 3.05) is 15.2 Å². The topological polar surface area (TPSA) is 105 Å². The number of fused-ring (bicyclic) bond motifs is 1. The molecule has 0 aliphatic carbocycles. The molecule has 10 heteroatoms. The average molecular weight is 551 g/mol. The number of sulfonamides is 2. The molecule has 2 heterocycles. The molecule has 0 saturated carbocycles. The van der Waals surface area contributed by atoms with Crippen molar-refractivity contribution in [3.05, 3.63) is 120 Å². The number of amides is 1. The van der Waals surface area contributed by atoms with Gasteiger partial charge in [-0.15, -0.1) is 0 Å².